The summed E-state index contributed by atoms with van der Waals surface area (Å²) in [5.41, 5.74) is 0.701. The third-order valence-corrected chi connectivity index (χ3v) is 2.29. The van der Waals surface area contributed by atoms with Gasteiger partial charge in [0.25, 0.3) is 0 Å². The highest BCUT2D eigenvalue weighted by molar-refractivity contribution is 5.75. The number of nitrogens with one attached hydrogen (secondary N) is 1. The minimum Gasteiger partial charge on any atom is -0.493 e. The second-order valence-electron chi connectivity index (χ2n) is 3.67. The molecule has 1 heterocycles. The molecule has 1 aromatic heterocycles. The normalized spacial score (nSPS) is 10.0. The van der Waals surface area contributed by atoms with Crippen LogP contribution in [0.3, 0.4) is 0 Å². The number of ether oxygens (including phenoxy) is 1. The number of rotatable bonds is 6. The van der Waals surface area contributed by atoms with Crippen LogP contribution in [-0.4, -0.2) is 17.5 Å². The van der Waals surface area contributed by atoms with Gasteiger partial charge in [0, 0.05) is 0 Å². The van der Waals surface area contributed by atoms with Crippen molar-refractivity contribution in [2.24, 2.45) is 0 Å². The van der Waals surface area contributed by atoms with Gasteiger partial charge in [0.05, 0.1) is 25.3 Å². The predicted molar refractivity (Wildman–Crippen MR) is 64.9 cm³/mol. The molecular weight excluding hydrogens is 232 g/mol. The summed E-state index contributed by atoms with van der Waals surface area (Å²) >= 11 is 0. The van der Waals surface area contributed by atoms with Gasteiger partial charge in [-0.3, -0.25) is 4.79 Å². The van der Waals surface area contributed by atoms with Gasteiger partial charge < -0.3 is 14.5 Å². The monoisotopic (exact) mass is 246 g/mol. The Morgan fingerprint density at radius 2 is 2.17 bits per heavy atom. The maximum atomic E-state index is 11.5. The number of aromatic nitrogens is 1. The number of benzene rings is 1. The standard InChI is InChI=1S/C13H14N2O3/c16-13(14-8-11-9-17-10-15-11)6-7-18-12-4-2-1-3-5-12/h1-5,9-10H,6-8H2,(H,14,16). The molecule has 2 rings (SSSR count). The average molecular weight is 246 g/mol. The maximum Gasteiger partial charge on any atom is 0.223 e. The van der Waals surface area contributed by atoms with Gasteiger partial charge in [-0.2, -0.15) is 0 Å². The van der Waals surface area contributed by atoms with Gasteiger partial charge in [-0.15, -0.1) is 0 Å². The van der Waals surface area contributed by atoms with E-state index in [0.29, 0.717) is 25.3 Å². The molecule has 0 fully saturated rings. The predicted octanol–water partition coefficient (Wildman–Crippen LogP) is 1.76. The molecule has 0 aliphatic heterocycles. The first-order valence-corrected chi connectivity index (χ1v) is 5.66. The first-order valence-electron chi connectivity index (χ1n) is 5.66. The summed E-state index contributed by atoms with van der Waals surface area (Å²) in [6.07, 6.45) is 3.15. The van der Waals surface area contributed by atoms with Crippen molar-refractivity contribution in [3.05, 3.63) is 48.7 Å². The van der Waals surface area contributed by atoms with Crippen molar-refractivity contribution < 1.29 is 13.9 Å². The van der Waals surface area contributed by atoms with Gasteiger partial charge in [0.15, 0.2) is 6.39 Å². The molecule has 5 nitrogen and oxygen atoms in total. The SMILES string of the molecule is O=C(CCOc1ccccc1)NCc1cocn1. The molecule has 0 atom stereocenters. The van der Waals surface area contributed by atoms with Crippen molar-refractivity contribution in [1.82, 2.24) is 10.3 Å². The van der Waals surface area contributed by atoms with Crippen LogP contribution in [0, 0.1) is 0 Å². The lowest BCUT2D eigenvalue weighted by atomic mass is 10.3. The molecule has 1 amide bonds. The molecule has 0 saturated heterocycles. The number of para-hydroxylation sites is 1. The Balaban J connectivity index is 1.63. The Morgan fingerprint density at radius 1 is 1.33 bits per heavy atom. The van der Waals surface area contributed by atoms with Gasteiger partial charge in [-0.05, 0) is 12.1 Å². The highest BCUT2D eigenvalue weighted by Gasteiger charge is 2.03. The number of hydrogen-bond donors (Lipinski definition) is 1. The highest BCUT2D eigenvalue weighted by Crippen LogP contribution is 2.08. The molecule has 0 aliphatic carbocycles. The van der Waals surface area contributed by atoms with Crippen molar-refractivity contribution in [3.8, 4) is 5.75 Å². The van der Waals surface area contributed by atoms with Crippen LogP contribution in [0.2, 0.25) is 0 Å². The van der Waals surface area contributed by atoms with E-state index in [1.165, 1.54) is 12.7 Å². The number of nitrogens with zero attached hydrogens (tertiary/aromatic N) is 1. The quantitative estimate of drug-likeness (QED) is 0.843. The van der Waals surface area contributed by atoms with Crippen molar-refractivity contribution in [2.45, 2.75) is 13.0 Å². The van der Waals surface area contributed by atoms with E-state index >= 15 is 0 Å². The van der Waals surface area contributed by atoms with Gasteiger partial charge in [-0.1, -0.05) is 18.2 Å². The Hall–Kier alpha value is -2.30. The van der Waals surface area contributed by atoms with E-state index in [9.17, 15) is 4.79 Å². The molecule has 2 aromatic rings. The summed E-state index contributed by atoms with van der Waals surface area (Å²) in [6, 6.07) is 9.40. The summed E-state index contributed by atoms with van der Waals surface area (Å²) in [6.45, 7) is 0.731. The van der Waals surface area contributed by atoms with Crippen LogP contribution in [0.15, 0.2) is 47.4 Å². The largest absolute Gasteiger partial charge is 0.493 e. The fourth-order valence-corrected chi connectivity index (χ4v) is 1.38. The number of carbonyl (C=O) groups is 1. The molecule has 5 heteroatoms. The number of amides is 1. The maximum absolute atomic E-state index is 11.5. The first-order chi connectivity index (χ1) is 8.84. The van der Waals surface area contributed by atoms with Crippen LogP contribution < -0.4 is 10.1 Å². The Morgan fingerprint density at radius 3 is 2.89 bits per heavy atom. The Bertz CT molecular complexity index is 468. The molecule has 94 valence electrons. The van der Waals surface area contributed by atoms with Crippen molar-refractivity contribution in [3.63, 3.8) is 0 Å². The first kappa shape index (κ1) is 12.2. The van der Waals surface area contributed by atoms with Crippen LogP contribution in [-0.2, 0) is 11.3 Å². The number of oxazole rings is 1. The van der Waals surface area contributed by atoms with Crippen molar-refractivity contribution in [1.29, 1.82) is 0 Å². The number of carbonyl (C=O) groups excluding carboxylic acids is 1. The molecule has 0 saturated carbocycles. The highest BCUT2D eigenvalue weighted by atomic mass is 16.5. The van der Waals surface area contributed by atoms with Crippen LogP contribution in [0.5, 0.6) is 5.75 Å². The summed E-state index contributed by atoms with van der Waals surface area (Å²) in [5.74, 6) is 0.690. The van der Waals surface area contributed by atoms with Crippen LogP contribution in [0.4, 0.5) is 0 Å². The lowest BCUT2D eigenvalue weighted by Gasteiger charge is -2.06. The zero-order valence-corrected chi connectivity index (χ0v) is 9.83. The van der Waals surface area contributed by atoms with E-state index in [4.69, 9.17) is 9.15 Å². The van der Waals surface area contributed by atoms with Crippen molar-refractivity contribution >= 4 is 5.91 Å². The zero-order chi connectivity index (χ0) is 12.6. The van der Waals surface area contributed by atoms with Gasteiger partial charge >= 0.3 is 0 Å². The van der Waals surface area contributed by atoms with Gasteiger partial charge in [0.1, 0.15) is 12.0 Å². The van der Waals surface area contributed by atoms with Crippen LogP contribution in [0.1, 0.15) is 12.1 Å². The molecule has 0 radical (unpaired) electrons. The van der Waals surface area contributed by atoms with Crippen LogP contribution in [0.25, 0.3) is 0 Å². The average Bonchev–Trinajstić information content (AvgIpc) is 2.91. The smallest absolute Gasteiger partial charge is 0.223 e. The molecule has 0 spiro atoms. The van der Waals surface area contributed by atoms with Gasteiger partial charge in [-0.25, -0.2) is 4.98 Å². The molecule has 0 aliphatic rings. The summed E-state index contributed by atoms with van der Waals surface area (Å²) in [5, 5.41) is 2.73. The Kier molecular flexibility index (Phi) is 4.35. The fourth-order valence-electron chi connectivity index (χ4n) is 1.38. The number of hydrogen-bond acceptors (Lipinski definition) is 4. The fraction of sp³-hybridized carbons (Fsp3) is 0.231. The lowest BCUT2D eigenvalue weighted by molar-refractivity contribution is -0.121. The molecule has 1 aromatic carbocycles. The zero-order valence-electron chi connectivity index (χ0n) is 9.83. The van der Waals surface area contributed by atoms with E-state index in [0.717, 1.165) is 5.75 Å². The van der Waals surface area contributed by atoms with E-state index < -0.39 is 0 Å². The Labute approximate surface area is 105 Å². The third-order valence-electron chi connectivity index (χ3n) is 2.29. The third kappa shape index (κ3) is 3.93. The second kappa shape index (κ2) is 6.44. The van der Waals surface area contributed by atoms with E-state index in [-0.39, 0.29) is 5.91 Å². The minimum atomic E-state index is -0.0751. The molecule has 0 bridgehead atoms. The minimum absolute atomic E-state index is 0.0751. The van der Waals surface area contributed by atoms with Gasteiger partial charge in [0.2, 0.25) is 5.91 Å². The topological polar surface area (TPSA) is 64.4 Å². The molecule has 0 unspecified atom stereocenters. The van der Waals surface area contributed by atoms with Crippen LogP contribution >= 0.6 is 0 Å². The summed E-state index contributed by atoms with van der Waals surface area (Å²) in [4.78, 5) is 15.4. The molecule has 1 N–H and O–H groups in total. The summed E-state index contributed by atoms with van der Waals surface area (Å²) in [7, 11) is 0. The second-order valence-corrected chi connectivity index (χ2v) is 3.67. The van der Waals surface area contributed by atoms with E-state index in [2.05, 4.69) is 10.3 Å². The molecular formula is C13H14N2O3. The van der Waals surface area contributed by atoms with E-state index in [1.54, 1.807) is 0 Å². The van der Waals surface area contributed by atoms with E-state index in [1.807, 2.05) is 30.3 Å². The summed E-state index contributed by atoms with van der Waals surface area (Å²) < 4.78 is 10.2. The molecule has 18 heavy (non-hydrogen) atoms. The van der Waals surface area contributed by atoms with Crippen molar-refractivity contribution in [2.75, 3.05) is 6.61 Å². The lowest BCUT2D eigenvalue weighted by Crippen LogP contribution is -2.24.